The Morgan fingerprint density at radius 2 is 1.51 bits per heavy atom. The number of aliphatic hydroxyl groups is 1. The smallest absolute Gasteiger partial charge is 0.245 e. The third-order valence-electron chi connectivity index (χ3n) is 6.13. The van der Waals surface area contributed by atoms with Crippen molar-refractivity contribution in [3.05, 3.63) is 0 Å². The second-order valence-corrected chi connectivity index (χ2v) is 9.01. The quantitative estimate of drug-likeness (QED) is 0.0831. The van der Waals surface area contributed by atoms with E-state index < -0.39 is 30.6 Å². The van der Waals surface area contributed by atoms with E-state index in [9.17, 15) is 24.3 Å². The molecule has 11 nitrogen and oxygen atoms in total. The zero-order valence-corrected chi connectivity index (χ0v) is 22.3. The summed E-state index contributed by atoms with van der Waals surface area (Å²) in [5, 5.41) is 26.9. The summed E-state index contributed by atoms with van der Waals surface area (Å²) in [6.07, 6.45) is 4.01. The van der Waals surface area contributed by atoms with Crippen LogP contribution in [-0.4, -0.2) is 93.1 Å². The van der Waals surface area contributed by atoms with Crippen molar-refractivity contribution in [2.75, 3.05) is 33.8 Å². The number of carbonyl (C=O) groups is 4. The van der Waals surface area contributed by atoms with Crippen molar-refractivity contribution in [3.8, 4) is 0 Å². The van der Waals surface area contributed by atoms with E-state index in [0.29, 0.717) is 38.6 Å². The van der Waals surface area contributed by atoms with Crippen LogP contribution in [0.2, 0.25) is 0 Å². The molecule has 0 aliphatic carbocycles. The first-order valence-corrected chi connectivity index (χ1v) is 12.7. The van der Waals surface area contributed by atoms with Gasteiger partial charge in [0.2, 0.25) is 17.7 Å². The lowest BCUT2D eigenvalue weighted by atomic mass is 10.0. The lowest BCUT2D eigenvalue weighted by Gasteiger charge is -2.25. The highest BCUT2D eigenvalue weighted by molar-refractivity contribution is 5.90. The van der Waals surface area contributed by atoms with Crippen LogP contribution >= 0.6 is 0 Å². The molecule has 0 bridgehead atoms. The highest BCUT2D eigenvalue weighted by Crippen LogP contribution is 2.04. The van der Waals surface area contributed by atoms with Crippen LogP contribution in [0.3, 0.4) is 0 Å². The summed E-state index contributed by atoms with van der Waals surface area (Å²) >= 11 is 0. The second kappa shape index (κ2) is 19.1. The number of amides is 3. The van der Waals surface area contributed by atoms with Crippen LogP contribution in [0.25, 0.3) is 0 Å². The fourth-order valence-corrected chi connectivity index (χ4v) is 3.62. The minimum Gasteiger partial charge on any atom is -0.394 e. The van der Waals surface area contributed by atoms with Crippen molar-refractivity contribution in [1.82, 2.24) is 31.9 Å². The Morgan fingerprint density at radius 3 is 2.03 bits per heavy atom. The Labute approximate surface area is 210 Å². The highest BCUT2D eigenvalue weighted by Gasteiger charge is 2.25. The van der Waals surface area contributed by atoms with Gasteiger partial charge in [-0.05, 0) is 72.1 Å². The van der Waals surface area contributed by atoms with Gasteiger partial charge >= 0.3 is 0 Å². The van der Waals surface area contributed by atoms with Crippen molar-refractivity contribution in [2.45, 2.75) is 90.0 Å². The van der Waals surface area contributed by atoms with Crippen LogP contribution in [0.1, 0.15) is 59.8 Å². The number of rotatable bonds is 20. The van der Waals surface area contributed by atoms with Crippen LogP contribution in [0.5, 0.6) is 0 Å². The SMILES string of the molecule is CCC(C)NC(=O)C(NC)C(C)CNCCCCC(C=O)NC(=O)C(CO)NC(=O)C(CC)NC. The zero-order valence-electron chi connectivity index (χ0n) is 22.3. The molecule has 0 aromatic rings. The maximum Gasteiger partial charge on any atom is 0.245 e. The van der Waals surface area contributed by atoms with Gasteiger partial charge in [-0.1, -0.05) is 20.8 Å². The topological polar surface area (TPSA) is 161 Å². The van der Waals surface area contributed by atoms with E-state index in [-0.39, 0.29) is 29.8 Å². The summed E-state index contributed by atoms with van der Waals surface area (Å²) in [4.78, 5) is 48.4. The van der Waals surface area contributed by atoms with Crippen molar-refractivity contribution in [3.63, 3.8) is 0 Å². The van der Waals surface area contributed by atoms with E-state index >= 15 is 0 Å². The van der Waals surface area contributed by atoms with Crippen molar-refractivity contribution in [1.29, 1.82) is 0 Å². The van der Waals surface area contributed by atoms with Gasteiger partial charge in [0.05, 0.1) is 24.7 Å². The molecule has 7 N–H and O–H groups in total. The van der Waals surface area contributed by atoms with Gasteiger partial charge in [-0.3, -0.25) is 14.4 Å². The van der Waals surface area contributed by atoms with Crippen LogP contribution in [0, 0.1) is 5.92 Å². The van der Waals surface area contributed by atoms with E-state index in [0.717, 1.165) is 12.8 Å². The van der Waals surface area contributed by atoms with E-state index in [2.05, 4.69) is 31.9 Å². The fourth-order valence-electron chi connectivity index (χ4n) is 3.62. The molecule has 0 aromatic heterocycles. The second-order valence-electron chi connectivity index (χ2n) is 9.01. The summed E-state index contributed by atoms with van der Waals surface area (Å²) in [5.74, 6) is -0.893. The maximum absolute atomic E-state index is 12.4. The Hall–Kier alpha value is -2.08. The minimum absolute atomic E-state index is 0.00531. The van der Waals surface area contributed by atoms with E-state index in [1.165, 1.54) is 0 Å². The van der Waals surface area contributed by atoms with Gasteiger partial charge in [0.1, 0.15) is 12.3 Å². The number of nitrogens with one attached hydrogen (secondary N) is 6. The minimum atomic E-state index is -1.12. The molecule has 204 valence electrons. The van der Waals surface area contributed by atoms with E-state index in [1.54, 1.807) is 14.1 Å². The Morgan fingerprint density at radius 1 is 0.857 bits per heavy atom. The lowest BCUT2D eigenvalue weighted by molar-refractivity contribution is -0.132. The molecule has 11 heteroatoms. The summed E-state index contributed by atoms with van der Waals surface area (Å²) in [5.41, 5.74) is 0. The number of unbranched alkanes of at least 4 members (excludes halogenated alkanes) is 1. The summed E-state index contributed by atoms with van der Waals surface area (Å²) in [7, 11) is 3.42. The first kappa shape index (κ1) is 32.9. The first-order valence-electron chi connectivity index (χ1n) is 12.7. The van der Waals surface area contributed by atoms with Gasteiger partial charge < -0.3 is 41.8 Å². The molecule has 0 fully saturated rings. The van der Waals surface area contributed by atoms with Gasteiger partial charge in [0.15, 0.2) is 0 Å². The van der Waals surface area contributed by atoms with E-state index in [4.69, 9.17) is 0 Å². The number of hydrogen-bond donors (Lipinski definition) is 7. The van der Waals surface area contributed by atoms with Gasteiger partial charge in [-0.15, -0.1) is 0 Å². The number of hydrogen-bond acceptors (Lipinski definition) is 8. The molecule has 0 radical (unpaired) electrons. The average molecular weight is 501 g/mol. The lowest BCUT2D eigenvalue weighted by Crippen LogP contribution is -2.55. The van der Waals surface area contributed by atoms with Crippen molar-refractivity contribution >= 4 is 24.0 Å². The molecule has 6 unspecified atom stereocenters. The van der Waals surface area contributed by atoms with Crippen molar-refractivity contribution in [2.24, 2.45) is 5.92 Å². The zero-order chi connectivity index (χ0) is 26.8. The van der Waals surface area contributed by atoms with Gasteiger partial charge in [0.25, 0.3) is 0 Å². The van der Waals surface area contributed by atoms with Gasteiger partial charge in [-0.25, -0.2) is 0 Å². The summed E-state index contributed by atoms with van der Waals surface area (Å²) in [6.45, 7) is 8.67. The monoisotopic (exact) mass is 500 g/mol. The molecule has 0 aliphatic rings. The molecule has 0 rings (SSSR count). The van der Waals surface area contributed by atoms with Gasteiger partial charge in [-0.2, -0.15) is 0 Å². The molecule has 35 heavy (non-hydrogen) atoms. The van der Waals surface area contributed by atoms with Gasteiger partial charge in [0, 0.05) is 6.04 Å². The molecule has 6 atom stereocenters. The van der Waals surface area contributed by atoms with Crippen LogP contribution in [0.15, 0.2) is 0 Å². The first-order chi connectivity index (χ1) is 16.7. The van der Waals surface area contributed by atoms with Crippen LogP contribution in [0.4, 0.5) is 0 Å². The molecule has 0 saturated carbocycles. The van der Waals surface area contributed by atoms with Crippen LogP contribution in [-0.2, 0) is 19.2 Å². The molecule has 0 aliphatic heterocycles. The predicted octanol–water partition coefficient (Wildman–Crippen LogP) is -0.956. The third-order valence-corrected chi connectivity index (χ3v) is 6.13. The van der Waals surface area contributed by atoms with Crippen LogP contribution < -0.4 is 31.9 Å². The standard InChI is InChI=1S/C24H48N6O5/c1-7-17(4)28-24(35)21(26-6)16(3)13-27-12-10-9-11-18(14-31)29-23(34)20(15-32)30-22(33)19(8-2)25-5/h14,16-21,25-27,32H,7-13,15H2,1-6H3,(H,28,35)(H,29,34)(H,30,33). The Kier molecular flexibility index (Phi) is 18.0. The Bertz CT molecular complexity index is 632. The number of likely N-dealkylation sites (N-methyl/N-ethyl adjacent to an activating group) is 2. The highest BCUT2D eigenvalue weighted by atomic mass is 16.3. The number of carbonyl (C=O) groups excluding carboxylic acids is 4. The number of aldehydes is 1. The average Bonchev–Trinajstić information content (AvgIpc) is 2.84. The molecule has 3 amide bonds. The fraction of sp³-hybridized carbons (Fsp3) is 0.833. The van der Waals surface area contributed by atoms with E-state index in [1.807, 2.05) is 27.7 Å². The molecular formula is C24H48N6O5. The molecular weight excluding hydrogens is 452 g/mol. The maximum atomic E-state index is 12.4. The predicted molar refractivity (Wildman–Crippen MR) is 137 cm³/mol. The summed E-state index contributed by atoms with van der Waals surface area (Å²) in [6, 6.07) is -2.43. The molecule has 0 aromatic carbocycles. The Balaban J connectivity index is 4.39. The number of aliphatic hydroxyl groups excluding tert-OH is 1. The molecule has 0 spiro atoms. The normalized spacial score (nSPS) is 16.3. The summed E-state index contributed by atoms with van der Waals surface area (Å²) < 4.78 is 0. The third kappa shape index (κ3) is 13.0. The largest absolute Gasteiger partial charge is 0.394 e. The molecule has 0 saturated heterocycles. The van der Waals surface area contributed by atoms with Crippen molar-refractivity contribution < 1.29 is 24.3 Å². The molecule has 0 heterocycles.